The maximum absolute atomic E-state index is 11.9. The van der Waals surface area contributed by atoms with Gasteiger partial charge >= 0.3 is 0 Å². The maximum Gasteiger partial charge on any atom is 0.273 e. The molecule has 0 bridgehead atoms. The van der Waals surface area contributed by atoms with E-state index in [0.29, 0.717) is 18.8 Å². The summed E-state index contributed by atoms with van der Waals surface area (Å²) in [5.74, 6) is 0.589. The van der Waals surface area contributed by atoms with Gasteiger partial charge in [0.1, 0.15) is 5.76 Å². The van der Waals surface area contributed by atoms with E-state index in [1.807, 2.05) is 0 Å². The zero-order chi connectivity index (χ0) is 14.1. The van der Waals surface area contributed by atoms with E-state index < -0.39 is 10.0 Å². The summed E-state index contributed by atoms with van der Waals surface area (Å²) in [4.78, 5) is 0. The quantitative estimate of drug-likeness (QED) is 0.555. The van der Waals surface area contributed by atoms with E-state index in [2.05, 4.69) is 10.0 Å². The van der Waals surface area contributed by atoms with Crippen LogP contribution < -0.4 is 10.0 Å². The summed E-state index contributed by atoms with van der Waals surface area (Å²) in [5, 5.41) is 11.5. The van der Waals surface area contributed by atoms with E-state index in [4.69, 9.17) is 9.52 Å². The van der Waals surface area contributed by atoms with Crippen LogP contribution in [0.5, 0.6) is 0 Å². The Morgan fingerprint density at radius 3 is 2.63 bits per heavy atom. The monoisotopic (exact) mass is 290 g/mol. The van der Waals surface area contributed by atoms with Crippen LogP contribution in [-0.2, 0) is 16.6 Å². The Kier molecular flexibility index (Phi) is 7.07. The van der Waals surface area contributed by atoms with Crippen molar-refractivity contribution in [2.24, 2.45) is 0 Å². The fourth-order valence-electron chi connectivity index (χ4n) is 1.64. The van der Waals surface area contributed by atoms with Crippen LogP contribution in [-0.4, -0.2) is 33.7 Å². The molecule has 0 radical (unpaired) electrons. The van der Waals surface area contributed by atoms with Gasteiger partial charge in [-0.3, -0.25) is 0 Å². The molecule has 0 unspecified atom stereocenters. The number of aliphatic hydroxyl groups excluding tert-OH is 1. The van der Waals surface area contributed by atoms with Gasteiger partial charge in [-0.2, -0.15) is 0 Å². The molecule has 0 aliphatic rings. The average Bonchev–Trinajstić information content (AvgIpc) is 2.83. The Labute approximate surface area is 114 Å². The van der Waals surface area contributed by atoms with Crippen LogP contribution in [0.4, 0.5) is 0 Å². The smallest absolute Gasteiger partial charge is 0.273 e. The predicted octanol–water partition coefficient (Wildman–Crippen LogP) is 0.830. The minimum atomic E-state index is -3.54. The van der Waals surface area contributed by atoms with Crippen molar-refractivity contribution in [1.82, 2.24) is 10.0 Å². The fourth-order valence-corrected chi connectivity index (χ4v) is 2.66. The minimum Gasteiger partial charge on any atom is -0.447 e. The van der Waals surface area contributed by atoms with Crippen molar-refractivity contribution < 1.29 is 17.9 Å². The summed E-state index contributed by atoms with van der Waals surface area (Å²) in [6.07, 6.45) is 3.32. The van der Waals surface area contributed by atoms with Gasteiger partial charge in [-0.25, -0.2) is 13.1 Å². The summed E-state index contributed by atoms with van der Waals surface area (Å²) in [6.45, 7) is 1.07. The minimum absolute atomic E-state index is 0.0480. The topological polar surface area (TPSA) is 91.6 Å². The lowest BCUT2D eigenvalue weighted by Crippen LogP contribution is -2.24. The van der Waals surface area contributed by atoms with Crippen LogP contribution >= 0.6 is 0 Å². The first-order chi connectivity index (χ1) is 9.10. The number of unbranched alkanes of at least 4 members (excludes halogenated alkanes) is 3. The lowest BCUT2D eigenvalue weighted by Gasteiger charge is -2.04. The SMILES string of the molecule is CNCc1ccc(S(=O)(=O)NCCCCCCO)o1. The van der Waals surface area contributed by atoms with E-state index >= 15 is 0 Å². The van der Waals surface area contributed by atoms with E-state index in [9.17, 15) is 8.42 Å². The molecule has 1 heterocycles. The Hall–Kier alpha value is -0.890. The van der Waals surface area contributed by atoms with Crippen LogP contribution in [0, 0.1) is 0 Å². The summed E-state index contributed by atoms with van der Waals surface area (Å²) in [5.41, 5.74) is 0. The number of sulfonamides is 1. The number of rotatable bonds is 10. The molecule has 0 aromatic carbocycles. The highest BCUT2D eigenvalue weighted by Gasteiger charge is 2.17. The normalized spacial score (nSPS) is 11.9. The van der Waals surface area contributed by atoms with Gasteiger partial charge < -0.3 is 14.8 Å². The first-order valence-corrected chi connectivity index (χ1v) is 7.92. The number of nitrogens with one attached hydrogen (secondary N) is 2. The zero-order valence-corrected chi connectivity index (χ0v) is 12.0. The number of furan rings is 1. The summed E-state index contributed by atoms with van der Waals surface area (Å²) >= 11 is 0. The van der Waals surface area contributed by atoms with E-state index in [-0.39, 0.29) is 11.7 Å². The van der Waals surface area contributed by atoms with Crippen molar-refractivity contribution in [3.05, 3.63) is 17.9 Å². The van der Waals surface area contributed by atoms with Crippen LogP contribution in [0.15, 0.2) is 21.6 Å². The molecule has 7 heteroatoms. The molecule has 0 saturated carbocycles. The largest absolute Gasteiger partial charge is 0.447 e. The molecule has 0 atom stereocenters. The van der Waals surface area contributed by atoms with E-state index in [1.54, 1.807) is 13.1 Å². The zero-order valence-electron chi connectivity index (χ0n) is 11.2. The van der Waals surface area contributed by atoms with Gasteiger partial charge in [0.2, 0.25) is 5.09 Å². The Balaban J connectivity index is 2.38. The number of aliphatic hydroxyl groups is 1. The van der Waals surface area contributed by atoms with Crippen molar-refractivity contribution in [3.63, 3.8) is 0 Å². The third-order valence-corrected chi connectivity index (χ3v) is 3.96. The highest BCUT2D eigenvalue weighted by Crippen LogP contribution is 2.13. The molecular formula is C12H22N2O4S. The molecule has 6 nitrogen and oxygen atoms in total. The van der Waals surface area contributed by atoms with Crippen molar-refractivity contribution in [2.45, 2.75) is 37.3 Å². The lowest BCUT2D eigenvalue weighted by molar-refractivity contribution is 0.282. The molecule has 110 valence electrons. The standard InChI is InChI=1S/C12H22N2O4S/c1-13-10-11-6-7-12(18-11)19(16,17)14-8-4-2-3-5-9-15/h6-7,13-15H,2-5,8-10H2,1H3. The summed E-state index contributed by atoms with van der Waals surface area (Å²) in [6, 6.07) is 3.10. The first kappa shape index (κ1) is 16.2. The molecule has 1 aromatic rings. The third kappa shape index (κ3) is 5.73. The molecular weight excluding hydrogens is 268 g/mol. The molecule has 0 saturated heterocycles. The highest BCUT2D eigenvalue weighted by atomic mass is 32.2. The Bertz CT molecular complexity index is 456. The molecule has 0 spiro atoms. The van der Waals surface area contributed by atoms with Crippen molar-refractivity contribution in [3.8, 4) is 0 Å². The second-order valence-corrected chi connectivity index (χ2v) is 5.98. The van der Waals surface area contributed by atoms with Gasteiger partial charge in [0.05, 0.1) is 6.54 Å². The van der Waals surface area contributed by atoms with Gasteiger partial charge in [-0.05, 0) is 32.0 Å². The average molecular weight is 290 g/mol. The lowest BCUT2D eigenvalue weighted by atomic mass is 10.2. The Morgan fingerprint density at radius 2 is 1.95 bits per heavy atom. The van der Waals surface area contributed by atoms with E-state index in [1.165, 1.54) is 6.07 Å². The van der Waals surface area contributed by atoms with Gasteiger partial charge in [0.15, 0.2) is 0 Å². The Morgan fingerprint density at radius 1 is 1.21 bits per heavy atom. The van der Waals surface area contributed by atoms with Crippen LogP contribution in [0.2, 0.25) is 0 Å². The molecule has 0 amide bonds. The second kappa shape index (κ2) is 8.31. The second-order valence-electron chi connectivity index (χ2n) is 4.29. The molecule has 1 rings (SSSR count). The number of hydrogen-bond donors (Lipinski definition) is 3. The fraction of sp³-hybridized carbons (Fsp3) is 0.667. The first-order valence-electron chi connectivity index (χ1n) is 6.44. The predicted molar refractivity (Wildman–Crippen MR) is 72.2 cm³/mol. The molecule has 0 fully saturated rings. The van der Waals surface area contributed by atoms with Gasteiger partial charge in [0.25, 0.3) is 10.0 Å². The van der Waals surface area contributed by atoms with E-state index in [0.717, 1.165) is 25.7 Å². The number of hydrogen-bond acceptors (Lipinski definition) is 5. The van der Waals surface area contributed by atoms with Crippen LogP contribution in [0.3, 0.4) is 0 Å². The highest BCUT2D eigenvalue weighted by molar-refractivity contribution is 7.89. The molecule has 1 aromatic heterocycles. The molecule has 3 N–H and O–H groups in total. The molecule has 0 aliphatic heterocycles. The summed E-state index contributed by atoms with van der Waals surface area (Å²) < 4.78 is 31.5. The van der Waals surface area contributed by atoms with Crippen LogP contribution in [0.25, 0.3) is 0 Å². The summed E-state index contributed by atoms with van der Waals surface area (Å²) in [7, 11) is -1.78. The molecule has 0 aliphatic carbocycles. The van der Waals surface area contributed by atoms with Crippen molar-refractivity contribution >= 4 is 10.0 Å². The van der Waals surface area contributed by atoms with Gasteiger partial charge in [-0.1, -0.05) is 12.8 Å². The van der Waals surface area contributed by atoms with Crippen molar-refractivity contribution in [2.75, 3.05) is 20.2 Å². The van der Waals surface area contributed by atoms with Gasteiger partial charge in [-0.15, -0.1) is 0 Å². The van der Waals surface area contributed by atoms with Gasteiger partial charge in [0, 0.05) is 13.2 Å². The maximum atomic E-state index is 11.9. The van der Waals surface area contributed by atoms with Crippen LogP contribution in [0.1, 0.15) is 31.4 Å². The third-order valence-electron chi connectivity index (χ3n) is 2.63. The van der Waals surface area contributed by atoms with Crippen molar-refractivity contribution in [1.29, 1.82) is 0 Å². The molecule has 19 heavy (non-hydrogen) atoms.